The van der Waals surface area contributed by atoms with E-state index in [0.717, 1.165) is 23.2 Å². The highest BCUT2D eigenvalue weighted by atomic mass is 79.9. The number of piperazine rings is 1. The normalized spacial score (nSPS) is 25.9. The number of rotatable bonds is 1. The zero-order valence-electron chi connectivity index (χ0n) is 12.0. The Balaban J connectivity index is 1.91. The van der Waals surface area contributed by atoms with Crippen molar-refractivity contribution in [3.63, 3.8) is 0 Å². The minimum absolute atomic E-state index is 0.126. The van der Waals surface area contributed by atoms with Gasteiger partial charge in [-0.25, -0.2) is 4.39 Å². The first kappa shape index (κ1) is 14.3. The summed E-state index contributed by atoms with van der Waals surface area (Å²) in [4.78, 5) is 2.25. The van der Waals surface area contributed by atoms with Crippen molar-refractivity contribution in [2.75, 3.05) is 18.0 Å². The van der Waals surface area contributed by atoms with Crippen molar-refractivity contribution >= 4 is 21.6 Å². The van der Waals surface area contributed by atoms with Gasteiger partial charge in [0.15, 0.2) is 0 Å². The van der Waals surface area contributed by atoms with Crippen LogP contribution in [0.3, 0.4) is 0 Å². The van der Waals surface area contributed by atoms with Gasteiger partial charge in [0.2, 0.25) is 0 Å². The van der Waals surface area contributed by atoms with Crippen LogP contribution in [0.2, 0.25) is 0 Å². The maximum Gasteiger partial charge on any atom is 0.147 e. The quantitative estimate of drug-likeness (QED) is 0.828. The Morgan fingerprint density at radius 3 is 2.75 bits per heavy atom. The summed E-state index contributed by atoms with van der Waals surface area (Å²) in [7, 11) is 0. The third kappa shape index (κ3) is 2.60. The molecule has 1 atom stereocenters. The van der Waals surface area contributed by atoms with Crippen LogP contribution >= 0.6 is 15.9 Å². The smallest absolute Gasteiger partial charge is 0.147 e. The Labute approximate surface area is 128 Å². The van der Waals surface area contributed by atoms with Crippen LogP contribution in [0, 0.1) is 5.82 Å². The number of anilines is 1. The van der Waals surface area contributed by atoms with E-state index < -0.39 is 0 Å². The molecule has 1 heterocycles. The van der Waals surface area contributed by atoms with Crippen molar-refractivity contribution in [2.24, 2.45) is 0 Å². The molecule has 1 aliphatic carbocycles. The van der Waals surface area contributed by atoms with Crippen molar-refractivity contribution < 1.29 is 4.39 Å². The van der Waals surface area contributed by atoms with Crippen molar-refractivity contribution in [3.8, 4) is 0 Å². The Kier molecular flexibility index (Phi) is 4.04. The summed E-state index contributed by atoms with van der Waals surface area (Å²) >= 11 is 3.52. The third-order valence-electron chi connectivity index (χ3n) is 4.81. The van der Waals surface area contributed by atoms with Crippen LogP contribution in [0.4, 0.5) is 10.1 Å². The van der Waals surface area contributed by atoms with E-state index in [1.54, 1.807) is 12.1 Å². The van der Waals surface area contributed by atoms with Gasteiger partial charge in [0.05, 0.1) is 5.69 Å². The molecule has 3 rings (SSSR count). The first-order valence-electron chi connectivity index (χ1n) is 7.57. The predicted octanol–water partition coefficient (Wildman–Crippen LogP) is 4.09. The number of hydrogen-bond acceptors (Lipinski definition) is 2. The van der Waals surface area contributed by atoms with Crippen LogP contribution in [0.5, 0.6) is 0 Å². The molecule has 0 aromatic heterocycles. The van der Waals surface area contributed by atoms with E-state index in [2.05, 4.69) is 33.1 Å². The third-order valence-corrected chi connectivity index (χ3v) is 5.45. The number of benzene rings is 1. The summed E-state index contributed by atoms with van der Waals surface area (Å²) in [5, 5.41) is 3.74. The zero-order chi connectivity index (χ0) is 14.2. The van der Waals surface area contributed by atoms with Crippen molar-refractivity contribution in [2.45, 2.75) is 50.6 Å². The van der Waals surface area contributed by atoms with Crippen LogP contribution in [0.25, 0.3) is 0 Å². The molecule has 1 aromatic rings. The number of nitrogens with zero attached hydrogens (tertiary/aromatic N) is 1. The van der Waals surface area contributed by atoms with Gasteiger partial charge >= 0.3 is 0 Å². The maximum absolute atomic E-state index is 14.3. The minimum atomic E-state index is -0.126. The second-order valence-corrected chi connectivity index (χ2v) is 7.12. The zero-order valence-corrected chi connectivity index (χ0v) is 13.5. The van der Waals surface area contributed by atoms with Crippen molar-refractivity contribution in [1.82, 2.24) is 5.32 Å². The highest BCUT2D eigenvalue weighted by Gasteiger charge is 2.39. The number of para-hydroxylation sites is 1. The van der Waals surface area contributed by atoms with E-state index in [4.69, 9.17) is 0 Å². The molecule has 1 spiro atoms. The second kappa shape index (κ2) is 5.64. The van der Waals surface area contributed by atoms with E-state index in [9.17, 15) is 4.39 Å². The summed E-state index contributed by atoms with van der Waals surface area (Å²) in [5.74, 6) is -0.126. The highest BCUT2D eigenvalue weighted by molar-refractivity contribution is 9.10. The van der Waals surface area contributed by atoms with Crippen LogP contribution < -0.4 is 10.2 Å². The maximum atomic E-state index is 14.3. The lowest BCUT2D eigenvalue weighted by Crippen LogP contribution is -2.64. The molecule has 2 aliphatic rings. The van der Waals surface area contributed by atoms with Gasteiger partial charge in [-0.3, -0.25) is 0 Å². The standard InChI is InChI=1S/C16H22BrFN2/c1-12-10-19-16(8-3-2-4-9-16)11-20(12)15-13(17)6-5-7-14(15)18/h5-7,12,19H,2-4,8-11H2,1H3. The first-order chi connectivity index (χ1) is 9.61. The fourth-order valence-electron chi connectivity index (χ4n) is 3.64. The lowest BCUT2D eigenvalue weighted by molar-refractivity contribution is 0.200. The van der Waals surface area contributed by atoms with E-state index in [-0.39, 0.29) is 11.4 Å². The highest BCUT2D eigenvalue weighted by Crippen LogP contribution is 2.37. The molecular formula is C16H22BrFN2. The van der Waals surface area contributed by atoms with Gasteiger partial charge in [-0.2, -0.15) is 0 Å². The SMILES string of the molecule is CC1CNC2(CCCCC2)CN1c1c(F)cccc1Br. The fourth-order valence-corrected chi connectivity index (χ4v) is 4.21. The number of halogens is 2. The average molecular weight is 341 g/mol. The summed E-state index contributed by atoms with van der Waals surface area (Å²) in [5.41, 5.74) is 0.915. The van der Waals surface area contributed by atoms with Crippen LogP contribution in [0.1, 0.15) is 39.0 Å². The summed E-state index contributed by atoms with van der Waals surface area (Å²) in [6.07, 6.45) is 6.33. The van der Waals surface area contributed by atoms with Gasteiger partial charge < -0.3 is 10.2 Å². The molecule has 1 aliphatic heterocycles. The van der Waals surface area contributed by atoms with Gasteiger partial charge in [0, 0.05) is 29.1 Å². The largest absolute Gasteiger partial charge is 0.362 e. The molecule has 1 unspecified atom stereocenters. The predicted molar refractivity (Wildman–Crippen MR) is 84.7 cm³/mol. The Hall–Kier alpha value is -0.610. The molecule has 1 saturated carbocycles. The van der Waals surface area contributed by atoms with E-state index in [0.29, 0.717) is 6.04 Å². The molecule has 0 radical (unpaired) electrons. The summed E-state index contributed by atoms with van der Waals surface area (Å²) in [6, 6.07) is 5.56. The molecule has 4 heteroatoms. The summed E-state index contributed by atoms with van der Waals surface area (Å²) in [6.45, 7) is 4.01. The van der Waals surface area contributed by atoms with Crippen LogP contribution in [0.15, 0.2) is 22.7 Å². The van der Waals surface area contributed by atoms with Gasteiger partial charge in [-0.1, -0.05) is 25.3 Å². The number of hydrogen-bond donors (Lipinski definition) is 1. The van der Waals surface area contributed by atoms with E-state index in [1.807, 2.05) is 6.07 Å². The van der Waals surface area contributed by atoms with Gasteiger partial charge in [0.25, 0.3) is 0 Å². The molecule has 110 valence electrons. The molecule has 20 heavy (non-hydrogen) atoms. The topological polar surface area (TPSA) is 15.3 Å². The van der Waals surface area contributed by atoms with Crippen molar-refractivity contribution in [1.29, 1.82) is 0 Å². The average Bonchev–Trinajstić information content (AvgIpc) is 2.44. The Morgan fingerprint density at radius 1 is 1.30 bits per heavy atom. The second-order valence-electron chi connectivity index (χ2n) is 6.27. The molecule has 2 nitrogen and oxygen atoms in total. The monoisotopic (exact) mass is 340 g/mol. The lowest BCUT2D eigenvalue weighted by atomic mass is 9.79. The summed E-state index contributed by atoms with van der Waals surface area (Å²) < 4.78 is 15.1. The molecule has 0 bridgehead atoms. The molecule has 0 amide bonds. The number of nitrogens with one attached hydrogen (secondary N) is 1. The van der Waals surface area contributed by atoms with Gasteiger partial charge in [-0.15, -0.1) is 0 Å². The molecule has 1 saturated heterocycles. The van der Waals surface area contributed by atoms with Crippen LogP contribution in [-0.2, 0) is 0 Å². The van der Waals surface area contributed by atoms with Crippen molar-refractivity contribution in [3.05, 3.63) is 28.5 Å². The Bertz CT molecular complexity index is 465. The van der Waals surface area contributed by atoms with Gasteiger partial charge in [0.1, 0.15) is 5.82 Å². The molecular weight excluding hydrogens is 319 g/mol. The fraction of sp³-hybridized carbons (Fsp3) is 0.625. The molecule has 1 N–H and O–H groups in total. The van der Waals surface area contributed by atoms with E-state index in [1.165, 1.54) is 32.1 Å². The van der Waals surface area contributed by atoms with Crippen LogP contribution in [-0.4, -0.2) is 24.7 Å². The van der Waals surface area contributed by atoms with E-state index >= 15 is 0 Å². The minimum Gasteiger partial charge on any atom is -0.362 e. The first-order valence-corrected chi connectivity index (χ1v) is 8.36. The lowest BCUT2D eigenvalue weighted by Gasteiger charge is -2.50. The van der Waals surface area contributed by atoms with Gasteiger partial charge in [-0.05, 0) is 47.8 Å². The molecule has 1 aromatic carbocycles. The Morgan fingerprint density at radius 2 is 2.05 bits per heavy atom. The molecule has 2 fully saturated rings.